The van der Waals surface area contributed by atoms with Gasteiger partial charge in [-0.3, -0.25) is 10.3 Å². The normalized spacial score (nSPS) is 28.3. The smallest absolute Gasteiger partial charge is 0.132 e. The van der Waals surface area contributed by atoms with E-state index in [1.54, 1.807) is 0 Å². The SMILES string of the molecule is CC1=CC(C)(/C=C/c2ccccc2OCC2CO2)ON1. The van der Waals surface area contributed by atoms with Crippen LogP contribution in [0.4, 0.5) is 0 Å². The summed E-state index contributed by atoms with van der Waals surface area (Å²) in [6.45, 7) is 5.40. The molecule has 4 heteroatoms. The summed E-state index contributed by atoms with van der Waals surface area (Å²) in [6, 6.07) is 7.97. The van der Waals surface area contributed by atoms with Crippen LogP contribution in [0.15, 0.2) is 42.1 Å². The molecule has 106 valence electrons. The average Bonchev–Trinajstić information content (AvgIpc) is 3.20. The first-order valence-corrected chi connectivity index (χ1v) is 6.81. The Morgan fingerprint density at radius 1 is 1.45 bits per heavy atom. The highest BCUT2D eigenvalue weighted by molar-refractivity contribution is 5.58. The number of benzene rings is 1. The Bertz CT molecular complexity index is 548. The van der Waals surface area contributed by atoms with Gasteiger partial charge in [0.05, 0.1) is 6.61 Å². The number of epoxide rings is 1. The molecule has 20 heavy (non-hydrogen) atoms. The molecule has 3 rings (SSSR count). The first-order chi connectivity index (χ1) is 9.65. The van der Waals surface area contributed by atoms with Crippen molar-refractivity contribution in [1.29, 1.82) is 0 Å². The second-order valence-corrected chi connectivity index (χ2v) is 5.35. The van der Waals surface area contributed by atoms with Crippen LogP contribution in [0.2, 0.25) is 0 Å². The first-order valence-electron chi connectivity index (χ1n) is 6.81. The number of hydroxylamine groups is 1. The predicted molar refractivity (Wildman–Crippen MR) is 77.1 cm³/mol. The van der Waals surface area contributed by atoms with Crippen LogP contribution in [0.1, 0.15) is 19.4 Å². The van der Waals surface area contributed by atoms with Crippen molar-refractivity contribution in [2.24, 2.45) is 0 Å². The number of hydrogen-bond acceptors (Lipinski definition) is 4. The van der Waals surface area contributed by atoms with E-state index in [4.69, 9.17) is 14.3 Å². The van der Waals surface area contributed by atoms with Gasteiger partial charge in [0.2, 0.25) is 0 Å². The number of nitrogens with one attached hydrogen (secondary N) is 1. The van der Waals surface area contributed by atoms with Gasteiger partial charge in [-0.2, -0.15) is 0 Å². The summed E-state index contributed by atoms with van der Waals surface area (Å²) in [7, 11) is 0. The van der Waals surface area contributed by atoms with Crippen LogP contribution >= 0.6 is 0 Å². The van der Waals surface area contributed by atoms with Crippen LogP contribution in [0.25, 0.3) is 6.08 Å². The van der Waals surface area contributed by atoms with Gasteiger partial charge in [-0.15, -0.1) is 0 Å². The maximum atomic E-state index is 5.78. The van der Waals surface area contributed by atoms with Crippen molar-refractivity contribution in [3.05, 3.63) is 47.7 Å². The van der Waals surface area contributed by atoms with Crippen LogP contribution in [0.3, 0.4) is 0 Å². The highest BCUT2D eigenvalue weighted by Crippen LogP contribution is 2.25. The molecule has 0 radical (unpaired) electrons. The number of para-hydroxylation sites is 1. The fraction of sp³-hybridized carbons (Fsp3) is 0.375. The molecule has 1 saturated heterocycles. The molecule has 0 spiro atoms. The Labute approximate surface area is 119 Å². The van der Waals surface area contributed by atoms with E-state index in [0.717, 1.165) is 23.6 Å². The second-order valence-electron chi connectivity index (χ2n) is 5.35. The van der Waals surface area contributed by atoms with Gasteiger partial charge in [0.1, 0.15) is 24.1 Å². The third-order valence-corrected chi connectivity index (χ3v) is 3.27. The Morgan fingerprint density at radius 3 is 2.95 bits per heavy atom. The molecule has 0 saturated carbocycles. The summed E-state index contributed by atoms with van der Waals surface area (Å²) in [5, 5.41) is 0. The molecular weight excluding hydrogens is 254 g/mol. The summed E-state index contributed by atoms with van der Waals surface area (Å²) >= 11 is 0. The third-order valence-electron chi connectivity index (χ3n) is 3.27. The average molecular weight is 273 g/mol. The van der Waals surface area contributed by atoms with Gasteiger partial charge in [0.25, 0.3) is 0 Å². The molecule has 1 fully saturated rings. The molecule has 2 unspecified atom stereocenters. The topological polar surface area (TPSA) is 43.0 Å². The lowest BCUT2D eigenvalue weighted by Crippen LogP contribution is -2.22. The lowest BCUT2D eigenvalue weighted by Gasteiger charge is -2.15. The fourth-order valence-electron chi connectivity index (χ4n) is 2.11. The van der Waals surface area contributed by atoms with Gasteiger partial charge < -0.3 is 9.47 Å². The van der Waals surface area contributed by atoms with Crippen molar-refractivity contribution >= 4 is 6.08 Å². The Morgan fingerprint density at radius 2 is 2.25 bits per heavy atom. The zero-order chi connectivity index (χ0) is 14.0. The monoisotopic (exact) mass is 273 g/mol. The minimum Gasteiger partial charge on any atom is -0.490 e. The highest BCUT2D eigenvalue weighted by Gasteiger charge is 2.25. The molecule has 0 bridgehead atoms. The summed E-state index contributed by atoms with van der Waals surface area (Å²) in [5.74, 6) is 0.870. The Hall–Kier alpha value is -1.78. The van der Waals surface area contributed by atoms with E-state index in [9.17, 15) is 0 Å². The quantitative estimate of drug-likeness (QED) is 0.838. The molecule has 2 atom stereocenters. The van der Waals surface area contributed by atoms with Crippen molar-refractivity contribution in [2.75, 3.05) is 13.2 Å². The van der Waals surface area contributed by atoms with Gasteiger partial charge >= 0.3 is 0 Å². The molecule has 1 N–H and O–H groups in total. The lowest BCUT2D eigenvalue weighted by atomic mass is 10.0. The van der Waals surface area contributed by atoms with Gasteiger partial charge in [-0.1, -0.05) is 24.3 Å². The van der Waals surface area contributed by atoms with Gasteiger partial charge in [0, 0.05) is 11.3 Å². The number of rotatable bonds is 5. The van der Waals surface area contributed by atoms with Crippen LogP contribution in [-0.4, -0.2) is 24.9 Å². The fourth-order valence-corrected chi connectivity index (χ4v) is 2.11. The molecule has 2 heterocycles. The van der Waals surface area contributed by atoms with Crippen molar-refractivity contribution in [3.8, 4) is 5.75 Å². The van der Waals surface area contributed by atoms with Crippen molar-refractivity contribution < 1.29 is 14.3 Å². The molecule has 1 aromatic rings. The predicted octanol–water partition coefficient (Wildman–Crippen LogP) is 2.67. The van der Waals surface area contributed by atoms with E-state index in [2.05, 4.69) is 5.48 Å². The highest BCUT2D eigenvalue weighted by atomic mass is 16.7. The lowest BCUT2D eigenvalue weighted by molar-refractivity contribution is 0.00435. The number of hydrogen-bond donors (Lipinski definition) is 1. The molecular formula is C16H19NO3. The van der Waals surface area contributed by atoms with E-state index in [1.807, 2.05) is 56.3 Å². The first kappa shape index (κ1) is 13.2. The van der Waals surface area contributed by atoms with E-state index < -0.39 is 5.60 Å². The standard InChI is InChI=1S/C16H19NO3/c1-12-9-16(2,20-17-12)8-7-13-5-3-4-6-15(13)19-11-14-10-18-14/h3-9,14,17H,10-11H2,1-2H3/b8-7+. The van der Waals surface area contributed by atoms with Gasteiger partial charge in [-0.05, 0) is 32.1 Å². The minimum atomic E-state index is -0.420. The number of allylic oxidation sites excluding steroid dienone is 1. The summed E-state index contributed by atoms with van der Waals surface area (Å²) < 4.78 is 10.9. The molecule has 2 aliphatic rings. The molecule has 2 aliphatic heterocycles. The van der Waals surface area contributed by atoms with Gasteiger partial charge in [0.15, 0.2) is 0 Å². The maximum Gasteiger partial charge on any atom is 0.132 e. The Kier molecular flexibility index (Phi) is 3.51. The van der Waals surface area contributed by atoms with Crippen molar-refractivity contribution in [1.82, 2.24) is 5.48 Å². The van der Waals surface area contributed by atoms with Crippen molar-refractivity contribution in [2.45, 2.75) is 25.6 Å². The van der Waals surface area contributed by atoms with E-state index >= 15 is 0 Å². The minimum absolute atomic E-state index is 0.262. The zero-order valence-electron chi connectivity index (χ0n) is 11.8. The molecule has 1 aromatic carbocycles. The summed E-state index contributed by atoms with van der Waals surface area (Å²) in [4.78, 5) is 5.53. The van der Waals surface area contributed by atoms with E-state index in [1.165, 1.54) is 0 Å². The van der Waals surface area contributed by atoms with Crippen molar-refractivity contribution in [3.63, 3.8) is 0 Å². The zero-order valence-corrected chi connectivity index (χ0v) is 11.8. The summed E-state index contributed by atoms with van der Waals surface area (Å²) in [5.41, 5.74) is 4.51. The molecule has 0 aliphatic carbocycles. The molecule has 4 nitrogen and oxygen atoms in total. The van der Waals surface area contributed by atoms with E-state index in [0.29, 0.717) is 6.61 Å². The Balaban J connectivity index is 1.72. The number of ether oxygens (including phenoxy) is 2. The molecule has 0 aromatic heterocycles. The maximum absolute atomic E-state index is 5.78. The third kappa shape index (κ3) is 3.21. The summed E-state index contributed by atoms with van der Waals surface area (Å²) in [6.07, 6.45) is 6.36. The molecule has 0 amide bonds. The second kappa shape index (κ2) is 5.31. The van der Waals surface area contributed by atoms with E-state index in [-0.39, 0.29) is 6.10 Å². The van der Waals surface area contributed by atoms with Crippen LogP contribution in [-0.2, 0) is 9.57 Å². The van der Waals surface area contributed by atoms with Crippen LogP contribution < -0.4 is 10.2 Å². The largest absolute Gasteiger partial charge is 0.490 e. The van der Waals surface area contributed by atoms with Gasteiger partial charge in [-0.25, -0.2) is 0 Å². The van der Waals surface area contributed by atoms with Crippen LogP contribution in [0, 0.1) is 0 Å². The van der Waals surface area contributed by atoms with Crippen LogP contribution in [0.5, 0.6) is 5.75 Å².